The van der Waals surface area contributed by atoms with E-state index in [0.717, 1.165) is 11.2 Å². The monoisotopic (exact) mass is 422 g/mol. The number of hydrogen-bond donors (Lipinski definition) is 1. The molecule has 1 saturated heterocycles. The Morgan fingerprint density at radius 3 is 2.55 bits per heavy atom. The van der Waals surface area contributed by atoms with Crippen molar-refractivity contribution < 1.29 is 31.8 Å². The van der Waals surface area contributed by atoms with Crippen LogP contribution < -0.4 is 5.32 Å². The number of imide groups is 2. The molecule has 0 spiro atoms. The van der Waals surface area contributed by atoms with Crippen LogP contribution in [0.25, 0.3) is 0 Å². The summed E-state index contributed by atoms with van der Waals surface area (Å²) in [6, 6.07) is 4.04. The molecule has 0 radical (unpaired) electrons. The number of nitrogens with one attached hydrogen (secondary N) is 1. The standard InChI is InChI=1S/C19H22N2O7S/c1-29(26,27)28-11-4-2-3-6-12-7-5-8-13-16(12)19(25)21(18(13)24)14-9-10-15(22)20-17(14)23/h5,7-8,14H,2-4,6,9-11H2,1H3,(H,20,22,23). The molecule has 1 aromatic carbocycles. The van der Waals surface area contributed by atoms with Gasteiger partial charge in [0.15, 0.2) is 0 Å². The van der Waals surface area contributed by atoms with Gasteiger partial charge in [-0.1, -0.05) is 18.6 Å². The fourth-order valence-corrected chi connectivity index (χ4v) is 4.02. The molecule has 0 aliphatic carbocycles. The molecule has 0 bridgehead atoms. The number of aryl methyl sites for hydroxylation is 1. The maximum Gasteiger partial charge on any atom is 0.264 e. The Morgan fingerprint density at radius 1 is 1.10 bits per heavy atom. The first-order valence-electron chi connectivity index (χ1n) is 9.37. The number of carbonyl (C=O) groups is 4. The van der Waals surface area contributed by atoms with E-state index in [1.54, 1.807) is 18.2 Å². The summed E-state index contributed by atoms with van der Waals surface area (Å²) in [7, 11) is -3.45. The van der Waals surface area contributed by atoms with Crippen molar-refractivity contribution >= 4 is 33.7 Å². The fraction of sp³-hybridized carbons (Fsp3) is 0.474. The van der Waals surface area contributed by atoms with Gasteiger partial charge < -0.3 is 0 Å². The van der Waals surface area contributed by atoms with Gasteiger partial charge in [0.05, 0.1) is 24.0 Å². The zero-order valence-electron chi connectivity index (χ0n) is 16.0. The number of piperidine rings is 1. The lowest BCUT2D eigenvalue weighted by atomic mass is 9.98. The molecule has 1 atom stereocenters. The zero-order chi connectivity index (χ0) is 21.2. The number of benzene rings is 1. The van der Waals surface area contributed by atoms with Gasteiger partial charge in [0.1, 0.15) is 6.04 Å². The summed E-state index contributed by atoms with van der Waals surface area (Å²) >= 11 is 0. The van der Waals surface area contributed by atoms with E-state index in [-0.39, 0.29) is 25.0 Å². The number of carbonyl (C=O) groups excluding carboxylic acids is 4. The van der Waals surface area contributed by atoms with Crippen LogP contribution in [0.1, 0.15) is 58.4 Å². The molecule has 29 heavy (non-hydrogen) atoms. The Balaban J connectivity index is 1.67. The molecule has 4 amide bonds. The molecule has 2 aliphatic heterocycles. The topological polar surface area (TPSA) is 127 Å². The molecular weight excluding hydrogens is 400 g/mol. The van der Waals surface area contributed by atoms with Gasteiger partial charge in [0.2, 0.25) is 11.8 Å². The van der Waals surface area contributed by atoms with Crippen molar-refractivity contribution in [2.75, 3.05) is 12.9 Å². The number of unbranched alkanes of at least 4 members (excludes halogenated alkanes) is 2. The van der Waals surface area contributed by atoms with E-state index in [2.05, 4.69) is 5.32 Å². The number of rotatable bonds is 8. The van der Waals surface area contributed by atoms with Crippen LogP contribution in [-0.2, 0) is 30.3 Å². The van der Waals surface area contributed by atoms with Crippen molar-refractivity contribution in [3.63, 3.8) is 0 Å². The van der Waals surface area contributed by atoms with Crippen LogP contribution in [0.2, 0.25) is 0 Å². The van der Waals surface area contributed by atoms with Crippen LogP contribution in [0.15, 0.2) is 18.2 Å². The molecule has 10 heteroatoms. The van der Waals surface area contributed by atoms with Crippen LogP contribution in [0.4, 0.5) is 0 Å². The van der Waals surface area contributed by atoms with Gasteiger partial charge in [-0.25, -0.2) is 0 Å². The quantitative estimate of drug-likeness (QED) is 0.372. The molecule has 2 heterocycles. The normalized spacial score (nSPS) is 19.5. The second-order valence-corrected chi connectivity index (χ2v) is 8.77. The highest BCUT2D eigenvalue weighted by Gasteiger charge is 2.45. The van der Waals surface area contributed by atoms with E-state index in [0.29, 0.717) is 36.8 Å². The summed E-state index contributed by atoms with van der Waals surface area (Å²) in [6.07, 6.45) is 3.65. The third-order valence-electron chi connectivity index (χ3n) is 4.94. The number of hydrogen-bond acceptors (Lipinski definition) is 7. The van der Waals surface area contributed by atoms with Crippen molar-refractivity contribution in [2.24, 2.45) is 0 Å². The molecule has 1 unspecified atom stereocenters. The molecule has 2 aliphatic rings. The molecule has 1 aromatic rings. The second-order valence-electron chi connectivity index (χ2n) is 7.12. The van der Waals surface area contributed by atoms with Crippen molar-refractivity contribution in [1.29, 1.82) is 0 Å². The Labute approximate surface area is 168 Å². The highest BCUT2D eigenvalue weighted by atomic mass is 32.2. The minimum absolute atomic E-state index is 0.0756. The molecule has 1 fully saturated rings. The fourth-order valence-electron chi connectivity index (χ4n) is 3.60. The molecule has 1 N–H and O–H groups in total. The van der Waals surface area contributed by atoms with Crippen LogP contribution in [0.5, 0.6) is 0 Å². The molecular formula is C19H22N2O7S. The molecule has 156 valence electrons. The van der Waals surface area contributed by atoms with Crippen LogP contribution in [0, 0.1) is 0 Å². The van der Waals surface area contributed by atoms with Crippen LogP contribution >= 0.6 is 0 Å². The van der Waals surface area contributed by atoms with Crippen molar-refractivity contribution in [1.82, 2.24) is 10.2 Å². The first-order chi connectivity index (χ1) is 13.7. The SMILES string of the molecule is CS(=O)(=O)OCCCCCc1cccc2c1C(=O)N(C1CCC(=O)NC1=O)C2=O. The average molecular weight is 422 g/mol. The van der Waals surface area contributed by atoms with E-state index in [9.17, 15) is 27.6 Å². The van der Waals surface area contributed by atoms with E-state index >= 15 is 0 Å². The Bertz CT molecular complexity index is 971. The van der Waals surface area contributed by atoms with E-state index in [4.69, 9.17) is 4.18 Å². The summed E-state index contributed by atoms with van der Waals surface area (Å²) in [6.45, 7) is 0.104. The lowest BCUT2D eigenvalue weighted by molar-refractivity contribution is -0.136. The summed E-state index contributed by atoms with van der Waals surface area (Å²) in [4.78, 5) is 50.2. The molecule has 0 aromatic heterocycles. The minimum atomic E-state index is -3.45. The average Bonchev–Trinajstić information content (AvgIpc) is 2.89. The van der Waals surface area contributed by atoms with Gasteiger partial charge in [-0.05, 0) is 37.3 Å². The minimum Gasteiger partial charge on any atom is -0.295 e. The lowest BCUT2D eigenvalue weighted by Gasteiger charge is -2.27. The number of amides is 4. The maximum absolute atomic E-state index is 13.0. The Kier molecular flexibility index (Phi) is 6.13. The summed E-state index contributed by atoms with van der Waals surface area (Å²) in [5.41, 5.74) is 1.27. The van der Waals surface area contributed by atoms with Crippen molar-refractivity contribution in [3.05, 3.63) is 34.9 Å². The maximum atomic E-state index is 13.0. The van der Waals surface area contributed by atoms with Gasteiger partial charge in [0, 0.05) is 6.42 Å². The smallest absolute Gasteiger partial charge is 0.264 e. The first kappa shape index (κ1) is 21.1. The molecule has 3 rings (SSSR count). The van der Waals surface area contributed by atoms with Gasteiger partial charge >= 0.3 is 0 Å². The summed E-state index contributed by atoms with van der Waals surface area (Å²) < 4.78 is 26.6. The van der Waals surface area contributed by atoms with E-state index in [1.165, 1.54) is 0 Å². The predicted molar refractivity (Wildman–Crippen MR) is 101 cm³/mol. The first-order valence-corrected chi connectivity index (χ1v) is 11.2. The van der Waals surface area contributed by atoms with Gasteiger partial charge in [-0.15, -0.1) is 0 Å². The van der Waals surface area contributed by atoms with Gasteiger partial charge in [-0.3, -0.25) is 33.6 Å². The largest absolute Gasteiger partial charge is 0.295 e. The highest BCUT2D eigenvalue weighted by Crippen LogP contribution is 2.30. The third kappa shape index (κ3) is 4.70. The van der Waals surface area contributed by atoms with E-state index < -0.39 is 39.8 Å². The number of nitrogens with zero attached hydrogens (tertiary/aromatic N) is 1. The summed E-state index contributed by atoms with van der Waals surface area (Å²) in [5, 5.41) is 2.17. The van der Waals surface area contributed by atoms with Crippen molar-refractivity contribution in [3.8, 4) is 0 Å². The number of fused-ring (bicyclic) bond motifs is 1. The Hall–Kier alpha value is -2.59. The van der Waals surface area contributed by atoms with Crippen LogP contribution in [0.3, 0.4) is 0 Å². The van der Waals surface area contributed by atoms with E-state index in [1.807, 2.05) is 0 Å². The van der Waals surface area contributed by atoms with Gasteiger partial charge in [0.25, 0.3) is 21.9 Å². The predicted octanol–water partition coefficient (Wildman–Crippen LogP) is 0.777. The van der Waals surface area contributed by atoms with Crippen LogP contribution in [-0.4, -0.2) is 55.9 Å². The Morgan fingerprint density at radius 2 is 1.86 bits per heavy atom. The second kappa shape index (κ2) is 8.42. The third-order valence-corrected chi connectivity index (χ3v) is 5.54. The molecule has 9 nitrogen and oxygen atoms in total. The lowest BCUT2D eigenvalue weighted by Crippen LogP contribution is -2.54. The zero-order valence-corrected chi connectivity index (χ0v) is 16.8. The van der Waals surface area contributed by atoms with Crippen molar-refractivity contribution in [2.45, 2.75) is 44.6 Å². The van der Waals surface area contributed by atoms with Gasteiger partial charge in [-0.2, -0.15) is 8.42 Å². The molecule has 0 saturated carbocycles. The highest BCUT2D eigenvalue weighted by molar-refractivity contribution is 7.85. The summed E-state index contributed by atoms with van der Waals surface area (Å²) in [5.74, 6) is -2.09.